The molecule has 74 heavy (non-hydrogen) atoms. The number of carbonyl (C=O) groups is 6. The van der Waals surface area contributed by atoms with Crippen LogP contribution >= 0.6 is 0 Å². The predicted octanol–water partition coefficient (Wildman–Crippen LogP) is 5.61. The normalized spacial score (nSPS) is 35.7. The quantitative estimate of drug-likeness (QED) is 0.112. The minimum absolute atomic E-state index is 0.00648. The second kappa shape index (κ2) is 30.0. The third-order valence-corrected chi connectivity index (χ3v) is 15.7. The molecule has 0 aromatic heterocycles. The highest BCUT2D eigenvalue weighted by atomic mass is 16.6. The molecule has 3 fully saturated rings. The molecule has 2 bridgehead atoms. The molecule has 1 unspecified atom stereocenters. The fourth-order valence-corrected chi connectivity index (χ4v) is 11.0. The number of Topliss-reactive ketones (excluding diaryl/α,β-unsaturated/α-hetero) is 3. The maximum absolute atomic E-state index is 14.6. The van der Waals surface area contributed by atoms with Gasteiger partial charge in [-0.05, 0) is 107 Å². The van der Waals surface area contributed by atoms with Crippen molar-refractivity contribution in [1.29, 1.82) is 0 Å². The lowest BCUT2D eigenvalue weighted by Gasteiger charge is -2.42. The number of rotatable bonds is 11. The number of carbonyl (C=O) groups excluding carboxylic acids is 6. The zero-order chi connectivity index (χ0) is 54.9. The molecule has 1 aliphatic carbocycles. The zero-order valence-corrected chi connectivity index (χ0v) is 45.7. The number of ether oxygens (including phenoxy) is 6. The molecule has 0 spiro atoms. The molecule has 2 amide bonds. The summed E-state index contributed by atoms with van der Waals surface area (Å²) < 4.78 is 35.5. The van der Waals surface area contributed by atoms with Gasteiger partial charge in [-0.15, -0.1) is 0 Å². The van der Waals surface area contributed by atoms with Crippen molar-refractivity contribution in [2.75, 3.05) is 54.2 Å². The lowest BCUT2D eigenvalue weighted by atomic mass is 9.78. The van der Waals surface area contributed by atoms with Crippen molar-refractivity contribution < 1.29 is 77.6 Å². The van der Waals surface area contributed by atoms with E-state index in [0.717, 1.165) is 10.5 Å². The molecule has 4 aliphatic rings. The Morgan fingerprint density at radius 3 is 2.20 bits per heavy atom. The number of ketones is 3. The summed E-state index contributed by atoms with van der Waals surface area (Å²) in [7, 11) is 4.45. The largest absolute Gasteiger partial charge is 0.460 e. The maximum atomic E-state index is 14.6. The van der Waals surface area contributed by atoms with Crippen molar-refractivity contribution in [2.24, 2.45) is 35.5 Å². The number of allylic oxidation sites excluding steroid dienone is 6. The third kappa shape index (κ3) is 16.9. The van der Waals surface area contributed by atoms with Gasteiger partial charge in [-0.25, -0.2) is 9.59 Å². The highest BCUT2D eigenvalue weighted by molar-refractivity contribution is 6.39. The molecule has 3 heterocycles. The van der Waals surface area contributed by atoms with E-state index in [4.69, 9.17) is 28.4 Å². The molecular weight excluding hydrogens is 957 g/mol. The van der Waals surface area contributed by atoms with Gasteiger partial charge in [-0.1, -0.05) is 71.1 Å². The Labute approximate surface area is 438 Å². The Kier molecular flexibility index (Phi) is 25.3. The standard InChI is InChI=1S/C56H88N2O16/c1-34-16-12-11-13-17-35(2)46(69-8)32-42-21-19-40(7)56(68,74-42)52(64)53(65)58-23-15-14-18-43(58)54(66)72-47(33-44(61)36(3)29-39(6)50(63)51(71-10)49(62)38(5)28-34)37(4)30-41-20-22-45(48(31-41)70-9)73-55(67)57(24-26-59)25-27-60/h11-13,16-17,29,34,36-38,40-43,45-48,50-51,59-60,63,68H,14-15,18-28,30-33H2,1-10H3/b13-11?,16-12+,35-17?,39-29+/t34-,36-,37-,38-,40?,41+,42+,43+,45-,46+,47+,48-,50-,51+,56-/m1/s1. The summed E-state index contributed by atoms with van der Waals surface area (Å²) in [6, 6.07) is -1.20. The van der Waals surface area contributed by atoms with Crippen LogP contribution in [-0.4, -0.2) is 174 Å². The first-order chi connectivity index (χ1) is 35.1. The summed E-state index contributed by atoms with van der Waals surface area (Å²) in [5.41, 5.74) is 1.21. The van der Waals surface area contributed by atoms with Gasteiger partial charge in [0.2, 0.25) is 5.79 Å². The Morgan fingerprint density at radius 2 is 1.55 bits per heavy atom. The topological polar surface area (TPSA) is 245 Å². The Balaban J connectivity index is 1.68. The summed E-state index contributed by atoms with van der Waals surface area (Å²) in [5.74, 6) is -8.58. The van der Waals surface area contributed by atoms with Crippen LogP contribution in [0, 0.1) is 35.5 Å². The molecule has 0 radical (unpaired) electrons. The van der Waals surface area contributed by atoms with E-state index in [9.17, 15) is 49.2 Å². The molecule has 418 valence electrons. The SMILES string of the molecule is CO[C@H]1C[C@@H]2CCC(C)[C@@](O)(O2)C(=O)C(=O)N2CCCC[C@H]2C(=O)O[C@H]([C@H](C)C[C@@H]2CC[C@@H](OC(=O)N(CCO)CCO)[C@H](OC)C2)CC(=O)[C@H](C)/C=C(\C)[C@@H](O)[C@@H](OC)C(=O)[C@H](C)C[C@H](C)/C=C/C=CC=C1C. The van der Waals surface area contributed by atoms with Crippen molar-refractivity contribution >= 4 is 35.3 Å². The first kappa shape index (κ1) is 62.4. The lowest BCUT2D eigenvalue weighted by Crippen LogP contribution is -2.61. The average molecular weight is 1050 g/mol. The minimum atomic E-state index is -2.47. The predicted molar refractivity (Wildman–Crippen MR) is 275 cm³/mol. The lowest BCUT2D eigenvalue weighted by molar-refractivity contribution is -0.265. The Bertz CT molecular complexity index is 2000. The molecular formula is C56H88N2O16. The molecule has 18 heteroatoms. The van der Waals surface area contributed by atoms with Crippen LogP contribution in [0.5, 0.6) is 0 Å². The highest BCUT2D eigenvalue weighted by Crippen LogP contribution is 2.38. The fourth-order valence-electron chi connectivity index (χ4n) is 11.0. The number of piperidine rings is 1. The Hall–Kier alpha value is -4.14. The number of amides is 2. The van der Waals surface area contributed by atoms with Gasteiger partial charge >= 0.3 is 12.1 Å². The van der Waals surface area contributed by atoms with Gasteiger partial charge < -0.3 is 58.6 Å². The van der Waals surface area contributed by atoms with E-state index >= 15 is 0 Å². The van der Waals surface area contributed by atoms with E-state index in [1.54, 1.807) is 40.9 Å². The number of nitrogens with zero attached hydrogens (tertiary/aromatic N) is 2. The van der Waals surface area contributed by atoms with Gasteiger partial charge in [0.25, 0.3) is 11.7 Å². The summed E-state index contributed by atoms with van der Waals surface area (Å²) in [6.07, 6.45) is 9.26. The fraction of sp³-hybridized carbons (Fsp3) is 0.750. The molecule has 3 aliphatic heterocycles. The van der Waals surface area contributed by atoms with Crippen LogP contribution in [0.4, 0.5) is 4.79 Å². The van der Waals surface area contributed by atoms with Crippen LogP contribution in [0.25, 0.3) is 0 Å². The van der Waals surface area contributed by atoms with Gasteiger partial charge in [0.15, 0.2) is 5.78 Å². The van der Waals surface area contributed by atoms with Gasteiger partial charge in [-0.2, -0.15) is 0 Å². The first-order valence-corrected chi connectivity index (χ1v) is 26.8. The molecule has 2 saturated heterocycles. The molecule has 18 nitrogen and oxygen atoms in total. The summed E-state index contributed by atoms with van der Waals surface area (Å²) in [4.78, 5) is 86.7. The minimum Gasteiger partial charge on any atom is -0.460 e. The molecule has 1 saturated carbocycles. The number of fused-ring (bicyclic) bond motifs is 3. The summed E-state index contributed by atoms with van der Waals surface area (Å²) in [5, 5.41) is 42.4. The van der Waals surface area contributed by atoms with Crippen LogP contribution in [0.3, 0.4) is 0 Å². The number of aliphatic hydroxyl groups is 4. The van der Waals surface area contributed by atoms with E-state index in [-0.39, 0.29) is 69.1 Å². The highest BCUT2D eigenvalue weighted by Gasteiger charge is 2.53. The van der Waals surface area contributed by atoms with E-state index < -0.39 is 102 Å². The molecule has 15 atom stereocenters. The molecule has 0 aromatic carbocycles. The van der Waals surface area contributed by atoms with Crippen LogP contribution in [0.1, 0.15) is 126 Å². The molecule has 4 rings (SSSR count). The van der Waals surface area contributed by atoms with Gasteiger partial charge in [0.05, 0.1) is 31.5 Å². The van der Waals surface area contributed by atoms with Crippen LogP contribution < -0.4 is 0 Å². The number of cyclic esters (lactones) is 1. The zero-order valence-electron chi connectivity index (χ0n) is 45.7. The van der Waals surface area contributed by atoms with Gasteiger partial charge in [-0.3, -0.25) is 19.2 Å². The smallest absolute Gasteiger partial charge is 0.410 e. The monoisotopic (exact) mass is 1040 g/mol. The van der Waals surface area contributed by atoms with Gasteiger partial charge in [0.1, 0.15) is 36.2 Å². The van der Waals surface area contributed by atoms with E-state index in [0.29, 0.717) is 69.8 Å². The van der Waals surface area contributed by atoms with Crippen molar-refractivity contribution in [1.82, 2.24) is 9.80 Å². The van der Waals surface area contributed by atoms with Crippen LogP contribution in [0.15, 0.2) is 47.6 Å². The average Bonchev–Trinajstić information content (AvgIpc) is 3.37. The van der Waals surface area contributed by atoms with Crippen molar-refractivity contribution in [2.45, 2.75) is 180 Å². The van der Waals surface area contributed by atoms with Crippen molar-refractivity contribution in [3.63, 3.8) is 0 Å². The van der Waals surface area contributed by atoms with Crippen molar-refractivity contribution in [3.8, 4) is 0 Å². The molecule has 4 N–H and O–H groups in total. The number of methoxy groups -OCH3 is 3. The first-order valence-electron chi connectivity index (χ1n) is 26.8. The summed E-state index contributed by atoms with van der Waals surface area (Å²) in [6.45, 7) is 11.9. The van der Waals surface area contributed by atoms with E-state index in [1.807, 2.05) is 51.2 Å². The van der Waals surface area contributed by atoms with Crippen LogP contribution in [-0.2, 0) is 52.4 Å². The number of hydrogen-bond acceptors (Lipinski definition) is 16. The maximum Gasteiger partial charge on any atom is 0.410 e. The molecule has 0 aromatic rings. The number of hydrogen-bond donors (Lipinski definition) is 4. The summed E-state index contributed by atoms with van der Waals surface area (Å²) >= 11 is 0. The van der Waals surface area contributed by atoms with E-state index in [2.05, 4.69) is 0 Å². The number of esters is 1. The number of aliphatic hydroxyl groups excluding tert-OH is 3. The second-order valence-electron chi connectivity index (χ2n) is 21.4. The van der Waals surface area contributed by atoms with Crippen LogP contribution in [0.2, 0.25) is 0 Å². The van der Waals surface area contributed by atoms with Crippen molar-refractivity contribution in [3.05, 3.63) is 47.6 Å². The Morgan fingerprint density at radius 1 is 0.851 bits per heavy atom. The second-order valence-corrected chi connectivity index (χ2v) is 21.4. The third-order valence-electron chi connectivity index (χ3n) is 15.7. The van der Waals surface area contributed by atoms with E-state index in [1.165, 1.54) is 19.1 Å². The van der Waals surface area contributed by atoms with Gasteiger partial charge in [0, 0.05) is 71.6 Å².